The van der Waals surface area contributed by atoms with Crippen molar-refractivity contribution in [3.8, 4) is 0 Å². The molecule has 0 heterocycles. The van der Waals surface area contributed by atoms with Gasteiger partial charge in [0.05, 0.1) is 0 Å². The molecule has 0 saturated heterocycles. The van der Waals surface area contributed by atoms with Crippen LogP contribution >= 0.6 is 0 Å². The molecule has 10 N–H and O–H groups in total. The molecule has 0 saturated carbocycles. The molecular formula is C12H30N4O4. The highest BCUT2D eigenvalue weighted by atomic mass is 16.3. The van der Waals surface area contributed by atoms with Crippen LogP contribution in [0.15, 0.2) is 0 Å². The van der Waals surface area contributed by atoms with Crippen molar-refractivity contribution in [2.75, 3.05) is 13.2 Å². The van der Waals surface area contributed by atoms with Gasteiger partial charge in [0.25, 0.3) is 0 Å². The number of aliphatic hydroxyl groups excluding tert-OH is 2. The smallest absolute Gasteiger partial charge is 0.309 e. The Hall–Kier alpha value is -1.54. The number of carbonyl (C=O) groups is 2. The minimum absolute atomic E-state index is 0.338. The van der Waals surface area contributed by atoms with E-state index in [4.69, 9.17) is 19.8 Å². The maximum atomic E-state index is 9.00. The molecule has 0 radical (unpaired) electrons. The van der Waals surface area contributed by atoms with Gasteiger partial charge in [-0.1, -0.05) is 38.5 Å². The van der Waals surface area contributed by atoms with Crippen molar-refractivity contribution in [2.24, 2.45) is 22.9 Å². The molecule has 0 fully saturated rings. The molecule has 20 heavy (non-hydrogen) atoms. The lowest BCUT2D eigenvalue weighted by Gasteiger charge is -1.99. The fourth-order valence-electron chi connectivity index (χ4n) is 1.28. The van der Waals surface area contributed by atoms with Gasteiger partial charge in [0.1, 0.15) is 0 Å². The Balaban J connectivity index is -0.000000297. The van der Waals surface area contributed by atoms with E-state index in [0.29, 0.717) is 13.2 Å². The van der Waals surface area contributed by atoms with E-state index in [9.17, 15) is 0 Å². The zero-order chi connectivity index (χ0) is 16.2. The number of rotatable bonds is 9. The fourth-order valence-corrected chi connectivity index (χ4v) is 1.28. The molecule has 4 amide bonds. The third-order valence-corrected chi connectivity index (χ3v) is 2.07. The van der Waals surface area contributed by atoms with Gasteiger partial charge in [-0.05, 0) is 12.8 Å². The summed E-state index contributed by atoms with van der Waals surface area (Å²) in [5, 5.41) is 17.0. The molecule has 0 atom stereocenters. The van der Waals surface area contributed by atoms with Gasteiger partial charge < -0.3 is 33.1 Å². The van der Waals surface area contributed by atoms with Gasteiger partial charge in [0.15, 0.2) is 0 Å². The molecule has 0 rings (SSSR count). The van der Waals surface area contributed by atoms with E-state index < -0.39 is 12.1 Å². The topological polar surface area (TPSA) is 179 Å². The van der Waals surface area contributed by atoms with E-state index in [2.05, 4.69) is 22.9 Å². The van der Waals surface area contributed by atoms with Crippen LogP contribution in [-0.4, -0.2) is 35.5 Å². The predicted molar refractivity (Wildman–Crippen MR) is 78.6 cm³/mol. The number of aliphatic hydroxyl groups is 2. The highest BCUT2D eigenvalue weighted by Gasteiger charge is 1.90. The van der Waals surface area contributed by atoms with Crippen LogP contribution in [0.2, 0.25) is 0 Å². The molecule has 0 unspecified atom stereocenters. The third kappa shape index (κ3) is 70.7. The molecule has 8 heteroatoms. The summed E-state index contributed by atoms with van der Waals surface area (Å²) < 4.78 is 0. The molecule has 0 aliphatic heterocycles. The van der Waals surface area contributed by atoms with Gasteiger partial charge in [-0.25, -0.2) is 9.59 Å². The summed E-state index contributed by atoms with van der Waals surface area (Å²) in [6.45, 7) is 0.676. The molecule has 0 aromatic heterocycles. The molecular weight excluding hydrogens is 264 g/mol. The Morgan fingerprint density at radius 3 is 0.850 bits per heavy atom. The normalized spacial score (nSPS) is 8.70. The molecule has 122 valence electrons. The Kier molecular flexibility index (Phi) is 26.6. The van der Waals surface area contributed by atoms with Gasteiger partial charge in [-0.2, -0.15) is 0 Å². The van der Waals surface area contributed by atoms with Crippen molar-refractivity contribution in [1.82, 2.24) is 0 Å². The monoisotopic (exact) mass is 294 g/mol. The summed E-state index contributed by atoms with van der Waals surface area (Å²) in [6.07, 6.45) is 9.30. The van der Waals surface area contributed by atoms with Crippen molar-refractivity contribution in [1.29, 1.82) is 0 Å². The number of carbonyl (C=O) groups excluding carboxylic acids is 2. The number of hydrogen-bond donors (Lipinski definition) is 6. The minimum atomic E-state index is -0.833. The largest absolute Gasteiger partial charge is 0.396 e. The Labute approximate surface area is 120 Å². The van der Waals surface area contributed by atoms with Crippen LogP contribution < -0.4 is 22.9 Å². The lowest BCUT2D eigenvalue weighted by molar-refractivity contribution is 0.255. The summed E-state index contributed by atoms with van der Waals surface area (Å²) >= 11 is 0. The zero-order valence-corrected chi connectivity index (χ0v) is 12.1. The van der Waals surface area contributed by atoms with Crippen LogP contribution in [0.5, 0.6) is 0 Å². The van der Waals surface area contributed by atoms with Crippen LogP contribution in [0, 0.1) is 0 Å². The first-order valence-electron chi connectivity index (χ1n) is 6.70. The minimum Gasteiger partial charge on any atom is -0.396 e. The SMILES string of the molecule is NC(N)=O.NC(N)=O.OCCCCCCCCCCO. The van der Waals surface area contributed by atoms with Crippen molar-refractivity contribution in [3.05, 3.63) is 0 Å². The predicted octanol–water partition coefficient (Wildman–Crippen LogP) is 0.139. The third-order valence-electron chi connectivity index (χ3n) is 2.07. The number of primary amides is 4. The van der Waals surface area contributed by atoms with E-state index in [1.807, 2.05) is 0 Å². The first-order chi connectivity index (χ1) is 9.38. The Morgan fingerprint density at radius 1 is 0.550 bits per heavy atom. The summed E-state index contributed by atoms with van der Waals surface area (Å²) in [5.41, 5.74) is 17.0. The summed E-state index contributed by atoms with van der Waals surface area (Å²) in [7, 11) is 0. The number of unbranched alkanes of at least 4 members (excludes halogenated alkanes) is 7. The lowest BCUT2D eigenvalue weighted by Crippen LogP contribution is -2.18. The first-order valence-corrected chi connectivity index (χ1v) is 6.70. The van der Waals surface area contributed by atoms with Crippen LogP contribution in [0.1, 0.15) is 51.4 Å². The fraction of sp³-hybridized carbons (Fsp3) is 0.833. The summed E-state index contributed by atoms with van der Waals surface area (Å²) in [6, 6.07) is -1.67. The van der Waals surface area contributed by atoms with Crippen molar-refractivity contribution < 1.29 is 19.8 Å². The van der Waals surface area contributed by atoms with E-state index in [1.54, 1.807) is 0 Å². The molecule has 0 bridgehead atoms. The van der Waals surface area contributed by atoms with Gasteiger partial charge in [-0.3, -0.25) is 0 Å². The molecule has 0 aromatic carbocycles. The van der Waals surface area contributed by atoms with E-state index >= 15 is 0 Å². The standard InChI is InChI=1S/C10H22O2.2CH4N2O/c11-9-7-5-3-1-2-4-6-8-10-12;2*2-1(3)4/h11-12H,1-10H2;2*(H4,2,3,4). The highest BCUT2D eigenvalue weighted by molar-refractivity contribution is 5.69. The van der Waals surface area contributed by atoms with Gasteiger partial charge >= 0.3 is 12.1 Å². The van der Waals surface area contributed by atoms with Crippen molar-refractivity contribution in [2.45, 2.75) is 51.4 Å². The number of hydrogen-bond acceptors (Lipinski definition) is 4. The molecule has 8 nitrogen and oxygen atoms in total. The second-order valence-electron chi connectivity index (χ2n) is 4.08. The van der Waals surface area contributed by atoms with E-state index in [0.717, 1.165) is 25.7 Å². The number of amides is 4. The molecule has 0 aromatic rings. The Bertz CT molecular complexity index is 186. The quantitative estimate of drug-likeness (QED) is 0.331. The second kappa shape index (κ2) is 22.6. The van der Waals surface area contributed by atoms with Gasteiger partial charge in [0.2, 0.25) is 0 Å². The average Bonchev–Trinajstić information content (AvgIpc) is 2.31. The van der Waals surface area contributed by atoms with Crippen LogP contribution in [-0.2, 0) is 0 Å². The van der Waals surface area contributed by atoms with Crippen LogP contribution in [0.4, 0.5) is 9.59 Å². The highest BCUT2D eigenvalue weighted by Crippen LogP contribution is 2.07. The molecule has 0 aliphatic rings. The van der Waals surface area contributed by atoms with E-state index in [-0.39, 0.29) is 0 Å². The van der Waals surface area contributed by atoms with Gasteiger partial charge in [0, 0.05) is 13.2 Å². The van der Waals surface area contributed by atoms with Crippen LogP contribution in [0.3, 0.4) is 0 Å². The average molecular weight is 294 g/mol. The lowest BCUT2D eigenvalue weighted by atomic mass is 10.1. The second-order valence-corrected chi connectivity index (χ2v) is 4.08. The maximum Gasteiger partial charge on any atom is 0.309 e. The Morgan fingerprint density at radius 2 is 0.700 bits per heavy atom. The first kappa shape index (κ1) is 23.5. The molecule has 0 spiro atoms. The maximum absolute atomic E-state index is 9.00. The number of nitrogens with two attached hydrogens (primary N) is 4. The summed E-state index contributed by atoms with van der Waals surface area (Å²) in [5.74, 6) is 0. The van der Waals surface area contributed by atoms with Gasteiger partial charge in [-0.15, -0.1) is 0 Å². The number of urea groups is 2. The summed E-state index contributed by atoms with van der Waals surface area (Å²) in [4.78, 5) is 18.0. The van der Waals surface area contributed by atoms with Crippen molar-refractivity contribution in [3.63, 3.8) is 0 Å². The van der Waals surface area contributed by atoms with E-state index in [1.165, 1.54) is 25.7 Å². The molecule has 0 aliphatic carbocycles. The van der Waals surface area contributed by atoms with Crippen molar-refractivity contribution >= 4 is 12.1 Å². The van der Waals surface area contributed by atoms with Crippen LogP contribution in [0.25, 0.3) is 0 Å². The zero-order valence-electron chi connectivity index (χ0n) is 12.1.